The Morgan fingerprint density at radius 2 is 2.17 bits per heavy atom. The van der Waals surface area contributed by atoms with Gasteiger partial charge in [-0.1, -0.05) is 18.2 Å². The highest BCUT2D eigenvalue weighted by Crippen LogP contribution is 2.42. The summed E-state index contributed by atoms with van der Waals surface area (Å²) < 4.78 is 12.3. The average Bonchev–Trinajstić information content (AvgIpc) is 2.99. The fourth-order valence-corrected chi connectivity index (χ4v) is 2.95. The lowest BCUT2D eigenvalue weighted by molar-refractivity contribution is 0.287. The Bertz CT molecular complexity index is 552. The third kappa shape index (κ3) is 1.85. The molecule has 3 rings (SSSR count). The summed E-state index contributed by atoms with van der Waals surface area (Å²) >= 11 is 3.52. The van der Waals surface area contributed by atoms with Crippen molar-refractivity contribution in [2.75, 3.05) is 13.7 Å². The molecule has 18 heavy (non-hydrogen) atoms. The van der Waals surface area contributed by atoms with Crippen molar-refractivity contribution >= 4 is 15.9 Å². The number of ether oxygens (including phenoxy) is 1. The normalized spacial score (nSPS) is 19.3. The van der Waals surface area contributed by atoms with Crippen LogP contribution < -0.4 is 10.1 Å². The maximum Gasteiger partial charge on any atom is 0.135 e. The van der Waals surface area contributed by atoms with E-state index < -0.39 is 0 Å². The number of fused-ring (bicyclic) bond motifs is 1. The van der Waals surface area contributed by atoms with Gasteiger partial charge in [0.25, 0.3) is 0 Å². The first kappa shape index (κ1) is 11.8. The molecular formula is C14H14BrNO2. The van der Waals surface area contributed by atoms with Gasteiger partial charge in [-0.25, -0.2) is 0 Å². The molecule has 2 unspecified atom stereocenters. The van der Waals surface area contributed by atoms with Gasteiger partial charge >= 0.3 is 0 Å². The van der Waals surface area contributed by atoms with Gasteiger partial charge in [0.1, 0.15) is 11.5 Å². The van der Waals surface area contributed by atoms with Crippen molar-refractivity contribution in [3.63, 3.8) is 0 Å². The molecule has 1 aromatic carbocycles. The quantitative estimate of drug-likeness (QED) is 0.942. The standard InChI is InChI=1S/C14H14BrNO2/c1-16-13(14-11(15)6-7-17-14)10-8-18-12-5-3-2-4-9(10)12/h2-7,10,13,16H,8H2,1H3. The van der Waals surface area contributed by atoms with Gasteiger partial charge in [-0.05, 0) is 35.1 Å². The number of benzene rings is 1. The van der Waals surface area contributed by atoms with E-state index in [1.54, 1.807) is 6.26 Å². The molecule has 1 aromatic heterocycles. The number of halogens is 1. The summed E-state index contributed by atoms with van der Waals surface area (Å²) in [6, 6.07) is 10.2. The van der Waals surface area contributed by atoms with Gasteiger partial charge in [0, 0.05) is 11.5 Å². The lowest BCUT2D eigenvalue weighted by atomic mass is 9.92. The van der Waals surface area contributed by atoms with Crippen molar-refractivity contribution in [3.8, 4) is 5.75 Å². The van der Waals surface area contributed by atoms with Crippen LogP contribution in [0.5, 0.6) is 5.75 Å². The number of nitrogens with one attached hydrogen (secondary N) is 1. The van der Waals surface area contributed by atoms with Gasteiger partial charge in [0.05, 0.1) is 23.4 Å². The van der Waals surface area contributed by atoms with Gasteiger partial charge in [0.15, 0.2) is 0 Å². The first-order valence-corrected chi connectivity index (χ1v) is 6.72. The van der Waals surface area contributed by atoms with Crippen molar-refractivity contribution in [2.45, 2.75) is 12.0 Å². The molecule has 0 aliphatic carbocycles. The van der Waals surface area contributed by atoms with Gasteiger partial charge in [-0.15, -0.1) is 0 Å². The van der Waals surface area contributed by atoms with Crippen molar-refractivity contribution in [1.29, 1.82) is 0 Å². The van der Waals surface area contributed by atoms with Gasteiger partial charge in [0.2, 0.25) is 0 Å². The molecule has 1 aliphatic rings. The predicted molar refractivity (Wildman–Crippen MR) is 72.9 cm³/mol. The third-order valence-corrected chi connectivity index (χ3v) is 4.03. The third-order valence-electron chi connectivity index (χ3n) is 3.38. The number of hydrogen-bond acceptors (Lipinski definition) is 3. The van der Waals surface area contributed by atoms with Crippen molar-refractivity contribution in [2.24, 2.45) is 0 Å². The smallest absolute Gasteiger partial charge is 0.135 e. The number of furan rings is 1. The van der Waals surface area contributed by atoms with Crippen molar-refractivity contribution < 1.29 is 9.15 Å². The maximum absolute atomic E-state index is 5.73. The molecule has 2 aromatic rings. The molecule has 0 fully saturated rings. The molecule has 0 spiro atoms. The minimum atomic E-state index is 0.109. The van der Waals surface area contributed by atoms with Crippen LogP contribution in [0.2, 0.25) is 0 Å². The maximum atomic E-state index is 5.73. The van der Waals surface area contributed by atoms with E-state index in [4.69, 9.17) is 9.15 Å². The zero-order chi connectivity index (χ0) is 12.5. The van der Waals surface area contributed by atoms with E-state index in [9.17, 15) is 0 Å². The summed E-state index contributed by atoms with van der Waals surface area (Å²) in [5.74, 6) is 2.17. The predicted octanol–water partition coefficient (Wildman–Crippen LogP) is 3.48. The SMILES string of the molecule is CNC(c1occc1Br)C1COc2ccccc21. The van der Waals surface area contributed by atoms with E-state index in [0.29, 0.717) is 6.61 Å². The first-order chi connectivity index (χ1) is 8.81. The van der Waals surface area contributed by atoms with Crippen LogP contribution in [0.4, 0.5) is 0 Å². The van der Waals surface area contributed by atoms with Gasteiger partial charge in [-0.3, -0.25) is 0 Å². The Kier molecular flexibility index (Phi) is 3.14. The van der Waals surface area contributed by atoms with Crippen LogP contribution in [-0.2, 0) is 0 Å². The lowest BCUT2D eigenvalue weighted by Crippen LogP contribution is -2.24. The number of likely N-dealkylation sites (N-methyl/N-ethyl adjacent to an activating group) is 1. The van der Waals surface area contributed by atoms with Crippen LogP contribution in [0.15, 0.2) is 45.5 Å². The summed E-state index contributed by atoms with van der Waals surface area (Å²) in [5, 5.41) is 3.32. The fraction of sp³-hybridized carbons (Fsp3) is 0.286. The Hall–Kier alpha value is -1.26. The molecule has 94 valence electrons. The van der Waals surface area contributed by atoms with Crippen molar-refractivity contribution in [1.82, 2.24) is 5.32 Å². The Morgan fingerprint density at radius 3 is 2.89 bits per heavy atom. The van der Waals surface area contributed by atoms with E-state index in [2.05, 4.69) is 27.3 Å². The molecule has 4 heteroatoms. The molecule has 0 radical (unpaired) electrons. The molecule has 0 amide bonds. The van der Waals surface area contributed by atoms with Crippen LogP contribution >= 0.6 is 15.9 Å². The summed E-state index contributed by atoms with van der Waals surface area (Å²) in [7, 11) is 1.94. The largest absolute Gasteiger partial charge is 0.493 e. The van der Waals surface area contributed by atoms with Crippen LogP contribution in [-0.4, -0.2) is 13.7 Å². The molecule has 2 atom stereocenters. The van der Waals surface area contributed by atoms with E-state index in [-0.39, 0.29) is 12.0 Å². The fourth-order valence-electron chi connectivity index (χ4n) is 2.51. The Morgan fingerprint density at radius 1 is 1.33 bits per heavy atom. The lowest BCUT2D eigenvalue weighted by Gasteiger charge is -2.20. The van der Waals surface area contributed by atoms with Gasteiger partial charge in [-0.2, -0.15) is 0 Å². The first-order valence-electron chi connectivity index (χ1n) is 5.93. The highest BCUT2D eigenvalue weighted by atomic mass is 79.9. The number of hydrogen-bond donors (Lipinski definition) is 1. The molecule has 0 bridgehead atoms. The zero-order valence-electron chi connectivity index (χ0n) is 10.0. The number of rotatable bonds is 3. The summed E-state index contributed by atoms with van der Waals surface area (Å²) in [4.78, 5) is 0. The zero-order valence-corrected chi connectivity index (χ0v) is 11.6. The van der Waals surface area contributed by atoms with E-state index >= 15 is 0 Å². The van der Waals surface area contributed by atoms with Crippen LogP contribution in [0.1, 0.15) is 23.3 Å². The molecule has 2 heterocycles. The second kappa shape index (κ2) is 4.78. The summed E-state index contributed by atoms with van der Waals surface area (Å²) in [5.41, 5.74) is 1.24. The highest BCUT2D eigenvalue weighted by Gasteiger charge is 2.33. The monoisotopic (exact) mass is 307 g/mol. The Labute approximate surface area is 114 Å². The molecule has 1 aliphatic heterocycles. The number of para-hydroxylation sites is 1. The van der Waals surface area contributed by atoms with E-state index in [1.807, 2.05) is 31.3 Å². The highest BCUT2D eigenvalue weighted by molar-refractivity contribution is 9.10. The van der Waals surface area contributed by atoms with E-state index in [1.165, 1.54) is 5.56 Å². The molecular weight excluding hydrogens is 294 g/mol. The minimum Gasteiger partial charge on any atom is -0.493 e. The summed E-state index contributed by atoms with van der Waals surface area (Å²) in [6.07, 6.45) is 1.70. The molecule has 0 saturated carbocycles. The van der Waals surface area contributed by atoms with Crippen molar-refractivity contribution in [3.05, 3.63) is 52.4 Å². The van der Waals surface area contributed by atoms with Crippen LogP contribution in [0.25, 0.3) is 0 Å². The second-order valence-electron chi connectivity index (χ2n) is 4.35. The molecule has 3 nitrogen and oxygen atoms in total. The molecule has 0 saturated heterocycles. The molecule has 1 N–H and O–H groups in total. The van der Waals surface area contributed by atoms with Crippen LogP contribution in [0, 0.1) is 0 Å². The minimum absolute atomic E-state index is 0.109. The topological polar surface area (TPSA) is 34.4 Å². The van der Waals surface area contributed by atoms with Crippen LogP contribution in [0.3, 0.4) is 0 Å². The second-order valence-corrected chi connectivity index (χ2v) is 5.21. The average molecular weight is 308 g/mol. The Balaban J connectivity index is 1.98. The van der Waals surface area contributed by atoms with E-state index in [0.717, 1.165) is 16.0 Å². The van der Waals surface area contributed by atoms with Gasteiger partial charge < -0.3 is 14.5 Å². The summed E-state index contributed by atoms with van der Waals surface area (Å²) in [6.45, 7) is 0.679.